The van der Waals surface area contributed by atoms with Crippen LogP contribution in [0.3, 0.4) is 0 Å². The van der Waals surface area contributed by atoms with E-state index in [-0.39, 0.29) is 11.8 Å². The van der Waals surface area contributed by atoms with Crippen molar-refractivity contribution < 1.29 is 9.53 Å². The smallest absolute Gasteiger partial charge is 0.247 e. The van der Waals surface area contributed by atoms with Gasteiger partial charge in [-0.1, -0.05) is 0 Å². The predicted octanol–water partition coefficient (Wildman–Crippen LogP) is 2.59. The van der Waals surface area contributed by atoms with E-state index in [0.717, 1.165) is 31.6 Å². The molecule has 0 bridgehead atoms. The van der Waals surface area contributed by atoms with E-state index in [1.807, 2.05) is 0 Å². The molecule has 0 radical (unpaired) electrons. The summed E-state index contributed by atoms with van der Waals surface area (Å²) in [4.78, 5) is 25.7. The molecule has 0 aromatic carbocycles. The van der Waals surface area contributed by atoms with E-state index >= 15 is 0 Å². The SMILES string of the molecule is N#Cc1cc(Nc2cc(N3CC[C@@](C#N)(C4CC4)C3=O)ccn2)ncc1N1CCOCC1. The molecule has 9 nitrogen and oxygen atoms in total. The number of hydrogen-bond acceptors (Lipinski definition) is 8. The van der Waals surface area contributed by atoms with Crippen molar-refractivity contribution in [1.82, 2.24) is 9.97 Å². The Balaban J connectivity index is 1.35. The molecule has 162 valence electrons. The van der Waals surface area contributed by atoms with E-state index < -0.39 is 5.41 Å². The second-order valence-corrected chi connectivity index (χ2v) is 8.39. The van der Waals surface area contributed by atoms with Crippen LogP contribution in [-0.2, 0) is 9.53 Å². The highest BCUT2D eigenvalue weighted by Gasteiger charge is 2.56. The number of nitriles is 2. The predicted molar refractivity (Wildman–Crippen MR) is 117 cm³/mol. The van der Waals surface area contributed by atoms with Gasteiger partial charge in [-0.2, -0.15) is 10.5 Å². The highest BCUT2D eigenvalue weighted by molar-refractivity contribution is 6.02. The molecule has 1 saturated carbocycles. The first kappa shape index (κ1) is 20.2. The molecular formula is C23H23N7O2. The number of anilines is 4. The normalized spacial score (nSPS) is 23.0. The number of aromatic nitrogens is 2. The quantitative estimate of drug-likeness (QED) is 0.770. The van der Waals surface area contributed by atoms with Crippen LogP contribution in [0.2, 0.25) is 0 Å². The summed E-state index contributed by atoms with van der Waals surface area (Å²) in [6.07, 6.45) is 5.78. The van der Waals surface area contributed by atoms with Crippen LogP contribution in [0.15, 0.2) is 30.6 Å². The van der Waals surface area contributed by atoms with Gasteiger partial charge in [0.2, 0.25) is 5.91 Å². The lowest BCUT2D eigenvalue weighted by molar-refractivity contribution is -0.123. The topological polar surface area (TPSA) is 118 Å². The summed E-state index contributed by atoms with van der Waals surface area (Å²) in [6, 6.07) is 9.82. The number of pyridine rings is 2. The van der Waals surface area contributed by atoms with Gasteiger partial charge < -0.3 is 19.9 Å². The van der Waals surface area contributed by atoms with Crippen LogP contribution >= 0.6 is 0 Å². The highest BCUT2D eigenvalue weighted by atomic mass is 16.5. The number of ether oxygens (including phenoxy) is 1. The standard InChI is InChI=1S/C23H23N7O2/c24-13-16-11-20(27-14-19(16)29-7-9-32-10-8-29)28-21-12-18(3-5-26-21)30-6-4-23(15-25,22(30)31)17-1-2-17/h3,5,11-12,14,17H,1-2,4,6-10H2,(H,26,27,28)/t23-/m1/s1. The molecule has 32 heavy (non-hydrogen) atoms. The molecule has 1 atom stereocenters. The Morgan fingerprint density at radius 1 is 1.12 bits per heavy atom. The summed E-state index contributed by atoms with van der Waals surface area (Å²) in [7, 11) is 0. The van der Waals surface area contributed by atoms with Gasteiger partial charge in [-0.25, -0.2) is 9.97 Å². The van der Waals surface area contributed by atoms with E-state index in [0.29, 0.717) is 49.1 Å². The first-order valence-electron chi connectivity index (χ1n) is 10.8. The molecule has 0 spiro atoms. The molecule has 9 heteroatoms. The largest absolute Gasteiger partial charge is 0.378 e. The number of carbonyl (C=O) groups excluding carboxylic acids is 1. The van der Waals surface area contributed by atoms with Gasteiger partial charge in [0, 0.05) is 43.7 Å². The average Bonchev–Trinajstić information content (AvgIpc) is 3.63. The third-order valence-electron chi connectivity index (χ3n) is 6.50. The zero-order chi connectivity index (χ0) is 22.1. The number of nitrogens with zero attached hydrogens (tertiary/aromatic N) is 6. The summed E-state index contributed by atoms with van der Waals surface area (Å²) in [5, 5.41) is 22.5. The lowest BCUT2D eigenvalue weighted by atomic mass is 9.83. The Bertz CT molecular complexity index is 1130. The fraction of sp³-hybridized carbons (Fsp3) is 0.435. The maximum atomic E-state index is 13.1. The number of morpholine rings is 1. The van der Waals surface area contributed by atoms with Crippen LogP contribution in [0, 0.1) is 34.0 Å². The van der Waals surface area contributed by atoms with Gasteiger partial charge in [0.1, 0.15) is 23.1 Å². The van der Waals surface area contributed by atoms with Crippen LogP contribution in [0.5, 0.6) is 0 Å². The molecule has 2 saturated heterocycles. The Labute approximate surface area is 186 Å². The van der Waals surface area contributed by atoms with Gasteiger partial charge in [-0.15, -0.1) is 0 Å². The van der Waals surface area contributed by atoms with Crippen molar-refractivity contribution in [2.24, 2.45) is 11.3 Å². The van der Waals surface area contributed by atoms with Crippen LogP contribution in [-0.4, -0.2) is 48.7 Å². The Kier molecular flexibility index (Phi) is 5.12. The minimum atomic E-state index is -0.880. The van der Waals surface area contributed by atoms with E-state index in [1.54, 1.807) is 35.5 Å². The molecule has 4 heterocycles. The van der Waals surface area contributed by atoms with Crippen molar-refractivity contribution in [3.63, 3.8) is 0 Å². The Morgan fingerprint density at radius 2 is 1.91 bits per heavy atom. The van der Waals surface area contributed by atoms with Gasteiger partial charge >= 0.3 is 0 Å². The van der Waals surface area contributed by atoms with E-state index in [4.69, 9.17) is 4.74 Å². The first-order valence-corrected chi connectivity index (χ1v) is 10.8. The van der Waals surface area contributed by atoms with Gasteiger partial charge in [0.25, 0.3) is 0 Å². The van der Waals surface area contributed by atoms with Crippen molar-refractivity contribution in [2.75, 3.05) is 48.0 Å². The van der Waals surface area contributed by atoms with E-state index in [1.165, 1.54) is 0 Å². The van der Waals surface area contributed by atoms with Crippen molar-refractivity contribution in [3.05, 3.63) is 36.2 Å². The highest BCUT2D eigenvalue weighted by Crippen LogP contribution is 2.51. The summed E-state index contributed by atoms with van der Waals surface area (Å²) in [6.45, 7) is 3.23. The van der Waals surface area contributed by atoms with Crippen LogP contribution in [0.1, 0.15) is 24.8 Å². The lowest BCUT2D eigenvalue weighted by Gasteiger charge is -2.29. The molecule has 1 aliphatic carbocycles. The second kappa shape index (κ2) is 8.10. The molecular weight excluding hydrogens is 406 g/mol. The number of nitrogens with one attached hydrogen (secondary N) is 1. The third-order valence-corrected chi connectivity index (χ3v) is 6.50. The van der Waals surface area contributed by atoms with Crippen molar-refractivity contribution in [3.8, 4) is 12.1 Å². The molecule has 3 fully saturated rings. The average molecular weight is 429 g/mol. The Morgan fingerprint density at radius 3 is 2.62 bits per heavy atom. The minimum absolute atomic E-state index is 0.112. The van der Waals surface area contributed by atoms with E-state index in [2.05, 4.69) is 32.3 Å². The summed E-state index contributed by atoms with van der Waals surface area (Å²) in [5.74, 6) is 1.09. The molecule has 3 aliphatic rings. The molecule has 0 unspecified atom stereocenters. The molecule has 5 rings (SSSR count). The molecule has 2 aliphatic heterocycles. The maximum absolute atomic E-state index is 13.1. The van der Waals surface area contributed by atoms with Crippen LogP contribution < -0.4 is 15.1 Å². The van der Waals surface area contributed by atoms with Crippen molar-refractivity contribution in [1.29, 1.82) is 10.5 Å². The van der Waals surface area contributed by atoms with Crippen LogP contribution in [0.4, 0.5) is 23.0 Å². The molecule has 1 amide bonds. The van der Waals surface area contributed by atoms with Gasteiger partial charge in [-0.3, -0.25) is 4.79 Å². The Hall–Kier alpha value is -3.69. The zero-order valence-corrected chi connectivity index (χ0v) is 17.6. The van der Waals surface area contributed by atoms with Crippen molar-refractivity contribution in [2.45, 2.75) is 19.3 Å². The van der Waals surface area contributed by atoms with Crippen LogP contribution in [0.25, 0.3) is 0 Å². The summed E-state index contributed by atoms with van der Waals surface area (Å²) >= 11 is 0. The first-order chi connectivity index (χ1) is 15.6. The molecule has 2 aromatic rings. The van der Waals surface area contributed by atoms with Crippen molar-refractivity contribution >= 4 is 28.9 Å². The van der Waals surface area contributed by atoms with E-state index in [9.17, 15) is 15.3 Å². The zero-order valence-electron chi connectivity index (χ0n) is 17.6. The number of carbonyl (C=O) groups is 1. The van der Waals surface area contributed by atoms with Gasteiger partial charge in [0.15, 0.2) is 0 Å². The third kappa shape index (κ3) is 3.51. The molecule has 1 N–H and O–H groups in total. The number of amides is 1. The van der Waals surface area contributed by atoms with Gasteiger partial charge in [-0.05, 0) is 31.2 Å². The summed E-state index contributed by atoms with van der Waals surface area (Å²) in [5.41, 5.74) is 1.14. The van der Waals surface area contributed by atoms with Gasteiger partial charge in [0.05, 0.1) is 36.7 Å². The second-order valence-electron chi connectivity index (χ2n) is 8.39. The minimum Gasteiger partial charge on any atom is -0.378 e. The lowest BCUT2D eigenvalue weighted by Crippen LogP contribution is -2.36. The fourth-order valence-electron chi connectivity index (χ4n) is 4.58. The monoisotopic (exact) mass is 429 g/mol. The summed E-state index contributed by atoms with van der Waals surface area (Å²) < 4.78 is 5.38. The molecule has 2 aromatic heterocycles. The fourth-order valence-corrected chi connectivity index (χ4v) is 4.58. The number of rotatable bonds is 5. The number of hydrogen-bond donors (Lipinski definition) is 1. The maximum Gasteiger partial charge on any atom is 0.247 e.